The fourth-order valence-electron chi connectivity index (χ4n) is 1.42. The van der Waals surface area contributed by atoms with E-state index in [0.29, 0.717) is 25.9 Å². The van der Waals surface area contributed by atoms with Crippen LogP contribution in [0.4, 0.5) is 0 Å². The van der Waals surface area contributed by atoms with Crippen LogP contribution in [0, 0.1) is 0 Å². The lowest BCUT2D eigenvalue weighted by molar-refractivity contribution is -0.120. The lowest BCUT2D eigenvalue weighted by Crippen LogP contribution is -2.44. The van der Waals surface area contributed by atoms with E-state index in [2.05, 4.69) is 15.3 Å². The summed E-state index contributed by atoms with van der Waals surface area (Å²) < 4.78 is 0. The molecule has 0 saturated carbocycles. The largest absolute Gasteiger partial charge is 0.330 e. The Balaban J connectivity index is 4.85. The number of hydrogen-bond donors (Lipinski definition) is 2. The molecule has 0 saturated heterocycles. The van der Waals surface area contributed by atoms with Gasteiger partial charge >= 0.3 is 0 Å². The van der Waals surface area contributed by atoms with Gasteiger partial charge in [0.15, 0.2) is 0 Å². The van der Waals surface area contributed by atoms with Gasteiger partial charge in [0.1, 0.15) is 6.04 Å². The predicted molar refractivity (Wildman–Crippen MR) is 60.8 cm³/mol. The molecular formula is C10H16N4O3. The van der Waals surface area contributed by atoms with Crippen LogP contribution in [0.5, 0.6) is 0 Å². The monoisotopic (exact) mass is 240 g/mol. The molecule has 0 spiro atoms. The van der Waals surface area contributed by atoms with Crippen molar-refractivity contribution in [2.75, 3.05) is 13.1 Å². The Morgan fingerprint density at radius 2 is 2.12 bits per heavy atom. The molecule has 7 heteroatoms. The first-order valence-electron chi connectivity index (χ1n) is 5.33. The van der Waals surface area contributed by atoms with Gasteiger partial charge in [-0.05, 0) is 25.9 Å². The van der Waals surface area contributed by atoms with Gasteiger partial charge < -0.3 is 11.1 Å². The predicted octanol–water partition coefficient (Wildman–Crippen LogP) is -0.730. The van der Waals surface area contributed by atoms with Crippen LogP contribution in [-0.4, -0.2) is 43.2 Å². The molecule has 0 aliphatic carbocycles. The van der Waals surface area contributed by atoms with Gasteiger partial charge in [-0.3, -0.25) is 4.79 Å². The summed E-state index contributed by atoms with van der Waals surface area (Å²) in [5.41, 5.74) is 5.35. The first-order valence-corrected chi connectivity index (χ1v) is 5.33. The van der Waals surface area contributed by atoms with Crippen molar-refractivity contribution in [3.63, 3.8) is 0 Å². The van der Waals surface area contributed by atoms with Crippen molar-refractivity contribution >= 4 is 18.1 Å². The van der Waals surface area contributed by atoms with E-state index in [4.69, 9.17) is 5.73 Å². The van der Waals surface area contributed by atoms with Crippen LogP contribution in [-0.2, 0) is 14.4 Å². The number of carbonyl (C=O) groups excluding carboxylic acids is 3. The molecule has 17 heavy (non-hydrogen) atoms. The zero-order valence-electron chi connectivity index (χ0n) is 9.68. The van der Waals surface area contributed by atoms with E-state index in [1.165, 1.54) is 12.2 Å². The number of likely N-dealkylation sites (N-methyl/N-ethyl adjacent to an activating group) is 1. The Labute approximate surface area is 99.2 Å². The van der Waals surface area contributed by atoms with Crippen molar-refractivity contribution in [3.05, 3.63) is 0 Å². The SMILES string of the molecule is CCN[C@H](C(=O)N=C=O)C(CCCN)N=C=O. The van der Waals surface area contributed by atoms with Crippen molar-refractivity contribution in [1.82, 2.24) is 5.32 Å². The second kappa shape index (κ2) is 9.57. The quantitative estimate of drug-likeness (QED) is 0.429. The summed E-state index contributed by atoms with van der Waals surface area (Å²) in [5.74, 6) is -0.692. The fourth-order valence-corrected chi connectivity index (χ4v) is 1.42. The number of carbonyl (C=O) groups is 1. The number of nitrogens with zero attached hydrogens (tertiary/aromatic N) is 2. The van der Waals surface area contributed by atoms with Gasteiger partial charge in [-0.2, -0.15) is 0 Å². The van der Waals surface area contributed by atoms with Crippen LogP contribution in [0.1, 0.15) is 19.8 Å². The molecule has 0 aromatic carbocycles. The normalized spacial score (nSPS) is 13.1. The minimum Gasteiger partial charge on any atom is -0.330 e. The molecule has 0 rings (SSSR count). The summed E-state index contributed by atoms with van der Waals surface area (Å²) in [5, 5.41) is 2.83. The molecule has 0 aromatic rings. The van der Waals surface area contributed by atoms with Gasteiger partial charge in [-0.15, -0.1) is 4.99 Å². The van der Waals surface area contributed by atoms with Crippen molar-refractivity contribution in [3.8, 4) is 0 Å². The summed E-state index contributed by atoms with van der Waals surface area (Å²) >= 11 is 0. The molecule has 0 aliphatic heterocycles. The number of hydrogen-bond acceptors (Lipinski definition) is 6. The maximum atomic E-state index is 11.5. The smallest absolute Gasteiger partial charge is 0.275 e. The van der Waals surface area contributed by atoms with Crippen LogP contribution >= 0.6 is 0 Å². The lowest BCUT2D eigenvalue weighted by Gasteiger charge is -2.19. The Morgan fingerprint density at radius 3 is 2.59 bits per heavy atom. The summed E-state index contributed by atoms with van der Waals surface area (Å²) in [6.07, 6.45) is 3.65. The molecule has 1 amide bonds. The van der Waals surface area contributed by atoms with E-state index >= 15 is 0 Å². The average molecular weight is 240 g/mol. The molecular weight excluding hydrogens is 224 g/mol. The number of isocyanates is 2. The maximum Gasteiger partial charge on any atom is 0.275 e. The number of amides is 1. The van der Waals surface area contributed by atoms with E-state index in [0.717, 1.165) is 0 Å². The van der Waals surface area contributed by atoms with Gasteiger partial charge in [0.05, 0.1) is 6.04 Å². The zero-order valence-corrected chi connectivity index (χ0v) is 9.68. The van der Waals surface area contributed by atoms with E-state index in [9.17, 15) is 14.4 Å². The molecule has 1 unspecified atom stereocenters. The third-order valence-electron chi connectivity index (χ3n) is 2.15. The van der Waals surface area contributed by atoms with E-state index in [1.807, 2.05) is 0 Å². The molecule has 3 N–H and O–H groups in total. The summed E-state index contributed by atoms with van der Waals surface area (Å²) in [4.78, 5) is 38.4. The highest BCUT2D eigenvalue weighted by molar-refractivity contribution is 5.87. The second-order valence-electron chi connectivity index (χ2n) is 3.30. The molecule has 0 fully saturated rings. The first kappa shape index (κ1) is 15.3. The maximum absolute atomic E-state index is 11.5. The minimum absolute atomic E-state index is 0.425. The summed E-state index contributed by atoms with van der Waals surface area (Å²) in [6, 6.07) is -1.42. The molecule has 0 bridgehead atoms. The molecule has 0 radical (unpaired) electrons. The van der Waals surface area contributed by atoms with Crippen LogP contribution in [0.15, 0.2) is 9.98 Å². The molecule has 0 heterocycles. The Kier molecular flexibility index (Phi) is 8.64. The number of nitrogens with one attached hydrogen (secondary N) is 1. The lowest BCUT2D eigenvalue weighted by atomic mass is 10.0. The zero-order chi connectivity index (χ0) is 13.1. The topological polar surface area (TPSA) is 114 Å². The highest BCUT2D eigenvalue weighted by Gasteiger charge is 2.26. The van der Waals surface area contributed by atoms with E-state index in [1.54, 1.807) is 6.92 Å². The third kappa shape index (κ3) is 5.85. The van der Waals surface area contributed by atoms with Crippen molar-refractivity contribution < 1.29 is 14.4 Å². The van der Waals surface area contributed by atoms with Crippen LogP contribution in [0.25, 0.3) is 0 Å². The van der Waals surface area contributed by atoms with Gasteiger partial charge in [-0.25, -0.2) is 14.6 Å². The van der Waals surface area contributed by atoms with Crippen LogP contribution in [0.2, 0.25) is 0 Å². The standard InChI is InChI=1S/C10H16N4O3/c1-2-12-9(10(17)14-7-16)8(13-6-15)4-3-5-11/h8-9,12H,2-5,11H2,1H3/t8?,9-/m0/s1. The Hall–Kier alpha value is -1.65. The van der Waals surface area contributed by atoms with Crippen molar-refractivity contribution in [2.45, 2.75) is 31.8 Å². The van der Waals surface area contributed by atoms with Gasteiger partial charge in [0, 0.05) is 0 Å². The van der Waals surface area contributed by atoms with E-state index < -0.39 is 18.0 Å². The summed E-state index contributed by atoms with van der Waals surface area (Å²) in [6.45, 7) is 2.70. The number of aliphatic imine (C=N–C) groups is 2. The Bertz CT molecular complexity index is 332. The first-order chi connectivity index (χ1) is 8.21. The fraction of sp³-hybridized carbons (Fsp3) is 0.700. The number of nitrogens with two attached hydrogens (primary N) is 1. The number of rotatable bonds is 8. The summed E-state index contributed by atoms with van der Waals surface area (Å²) in [7, 11) is 0. The van der Waals surface area contributed by atoms with Gasteiger partial charge in [0.2, 0.25) is 12.2 Å². The molecule has 0 aromatic heterocycles. The van der Waals surface area contributed by atoms with Crippen LogP contribution in [0.3, 0.4) is 0 Å². The Morgan fingerprint density at radius 1 is 1.41 bits per heavy atom. The van der Waals surface area contributed by atoms with Gasteiger partial charge in [0.25, 0.3) is 5.91 Å². The second-order valence-corrected chi connectivity index (χ2v) is 3.30. The minimum atomic E-state index is -0.811. The van der Waals surface area contributed by atoms with Crippen molar-refractivity contribution in [2.24, 2.45) is 15.7 Å². The van der Waals surface area contributed by atoms with Gasteiger partial charge in [-0.1, -0.05) is 6.92 Å². The molecule has 0 aliphatic rings. The van der Waals surface area contributed by atoms with Crippen molar-refractivity contribution in [1.29, 1.82) is 0 Å². The molecule has 7 nitrogen and oxygen atoms in total. The highest BCUT2D eigenvalue weighted by Crippen LogP contribution is 2.08. The molecule has 2 atom stereocenters. The van der Waals surface area contributed by atoms with E-state index in [-0.39, 0.29) is 0 Å². The molecule has 94 valence electrons. The third-order valence-corrected chi connectivity index (χ3v) is 2.15. The highest BCUT2D eigenvalue weighted by atomic mass is 16.2. The van der Waals surface area contributed by atoms with Crippen LogP contribution < -0.4 is 11.1 Å². The average Bonchev–Trinajstić information content (AvgIpc) is 2.32.